The summed E-state index contributed by atoms with van der Waals surface area (Å²) in [6, 6.07) is 13.2. The number of hydrogen-bond acceptors (Lipinski definition) is 6. The van der Waals surface area contributed by atoms with Gasteiger partial charge in [0.05, 0.1) is 28.7 Å². The molecule has 4 rings (SSSR count). The van der Waals surface area contributed by atoms with Gasteiger partial charge in [0.1, 0.15) is 6.54 Å². The second kappa shape index (κ2) is 8.42. The molecular formula is C22H20N6O4. The molecule has 0 bridgehead atoms. The Bertz CT molecular complexity index is 1470. The molecule has 0 fully saturated rings. The van der Waals surface area contributed by atoms with Gasteiger partial charge in [0.15, 0.2) is 5.69 Å². The van der Waals surface area contributed by atoms with Gasteiger partial charge in [-0.25, -0.2) is 9.67 Å². The summed E-state index contributed by atoms with van der Waals surface area (Å²) in [4.78, 5) is 54.4. The number of fused-ring (bicyclic) bond motifs is 2. The van der Waals surface area contributed by atoms with Crippen LogP contribution >= 0.6 is 0 Å². The van der Waals surface area contributed by atoms with Crippen LogP contribution in [0, 0.1) is 0 Å². The van der Waals surface area contributed by atoms with Crippen LogP contribution in [0.5, 0.6) is 0 Å². The molecule has 0 unspecified atom stereocenters. The van der Waals surface area contributed by atoms with Gasteiger partial charge in [0, 0.05) is 5.39 Å². The lowest BCUT2D eigenvalue weighted by atomic mass is 10.1. The number of hydrogen-bond donors (Lipinski definition) is 2. The number of amides is 2. The second-order valence-electron chi connectivity index (χ2n) is 7.43. The lowest BCUT2D eigenvalue weighted by Gasteiger charge is -2.14. The number of carbonyl (C=O) groups excluding carboxylic acids is 2. The third-order valence-corrected chi connectivity index (χ3v) is 4.89. The molecular weight excluding hydrogens is 412 g/mol. The molecule has 0 saturated heterocycles. The summed E-state index contributed by atoms with van der Waals surface area (Å²) in [5, 5.41) is 5.29. The van der Waals surface area contributed by atoms with E-state index in [2.05, 4.69) is 20.9 Å². The monoisotopic (exact) mass is 432 g/mol. The molecule has 2 heterocycles. The van der Waals surface area contributed by atoms with E-state index in [4.69, 9.17) is 0 Å². The van der Waals surface area contributed by atoms with Gasteiger partial charge in [-0.2, -0.15) is 5.10 Å². The standard InChI is InChI=1S/C22H20N6O4/c1-13(2)28-22(32)15-8-4-3-7-14(15)19(26-28)20(30)25-24-18(29)11-27-12-23-17-10-6-5-9-16(17)21(27)31/h3-10,12-13H,11H2,1-2H3,(H,24,29)(H,25,30). The van der Waals surface area contributed by atoms with Crippen LogP contribution in [0.3, 0.4) is 0 Å². The van der Waals surface area contributed by atoms with E-state index in [1.54, 1.807) is 62.4 Å². The van der Waals surface area contributed by atoms with Crippen LogP contribution in [0.4, 0.5) is 0 Å². The normalized spacial score (nSPS) is 11.1. The summed E-state index contributed by atoms with van der Waals surface area (Å²) in [5.74, 6) is -1.31. The van der Waals surface area contributed by atoms with Crippen molar-refractivity contribution in [3.63, 3.8) is 0 Å². The van der Waals surface area contributed by atoms with Crippen molar-refractivity contribution in [3.8, 4) is 0 Å². The molecule has 0 spiro atoms. The molecule has 2 aromatic carbocycles. The van der Waals surface area contributed by atoms with Crippen LogP contribution in [0.25, 0.3) is 21.7 Å². The first-order valence-electron chi connectivity index (χ1n) is 9.91. The SMILES string of the molecule is CC(C)n1nc(C(=O)NNC(=O)Cn2cnc3ccccc3c2=O)c2ccccc2c1=O. The van der Waals surface area contributed by atoms with E-state index in [0.717, 1.165) is 4.57 Å². The smallest absolute Gasteiger partial charge is 0.289 e. The van der Waals surface area contributed by atoms with E-state index in [1.165, 1.54) is 11.0 Å². The maximum absolute atomic E-state index is 12.8. The molecule has 32 heavy (non-hydrogen) atoms. The Morgan fingerprint density at radius 2 is 1.56 bits per heavy atom. The highest BCUT2D eigenvalue weighted by Crippen LogP contribution is 2.14. The van der Waals surface area contributed by atoms with Gasteiger partial charge < -0.3 is 0 Å². The summed E-state index contributed by atoms with van der Waals surface area (Å²) < 4.78 is 2.37. The van der Waals surface area contributed by atoms with E-state index in [9.17, 15) is 19.2 Å². The second-order valence-corrected chi connectivity index (χ2v) is 7.43. The molecule has 0 aliphatic carbocycles. The quantitative estimate of drug-likeness (QED) is 0.466. The predicted molar refractivity (Wildman–Crippen MR) is 118 cm³/mol. The van der Waals surface area contributed by atoms with E-state index >= 15 is 0 Å². The number of nitrogens with zero attached hydrogens (tertiary/aromatic N) is 4. The van der Waals surface area contributed by atoms with Gasteiger partial charge in [0.25, 0.3) is 22.9 Å². The number of rotatable bonds is 4. The summed E-state index contributed by atoms with van der Waals surface area (Å²) in [6.07, 6.45) is 1.28. The third kappa shape index (κ3) is 3.85. The van der Waals surface area contributed by atoms with E-state index in [-0.39, 0.29) is 29.4 Å². The van der Waals surface area contributed by atoms with Crippen molar-refractivity contribution in [2.45, 2.75) is 26.4 Å². The maximum atomic E-state index is 12.8. The Hall–Kier alpha value is -4.34. The highest BCUT2D eigenvalue weighted by atomic mass is 16.2. The van der Waals surface area contributed by atoms with Gasteiger partial charge in [-0.15, -0.1) is 0 Å². The van der Waals surface area contributed by atoms with Crippen molar-refractivity contribution in [2.75, 3.05) is 0 Å². The van der Waals surface area contributed by atoms with Gasteiger partial charge in [-0.05, 0) is 32.0 Å². The van der Waals surface area contributed by atoms with Crippen LogP contribution in [0.1, 0.15) is 30.4 Å². The van der Waals surface area contributed by atoms with Gasteiger partial charge >= 0.3 is 0 Å². The molecule has 0 aliphatic rings. The van der Waals surface area contributed by atoms with E-state index < -0.39 is 11.8 Å². The van der Waals surface area contributed by atoms with Crippen molar-refractivity contribution in [2.24, 2.45) is 0 Å². The first-order chi connectivity index (χ1) is 15.4. The molecule has 2 N–H and O–H groups in total. The Labute approximate surface area is 181 Å². The summed E-state index contributed by atoms with van der Waals surface area (Å²) >= 11 is 0. The number of para-hydroxylation sites is 1. The molecule has 2 amide bonds. The van der Waals surface area contributed by atoms with Crippen molar-refractivity contribution in [1.29, 1.82) is 0 Å². The highest BCUT2D eigenvalue weighted by Gasteiger charge is 2.18. The van der Waals surface area contributed by atoms with Crippen LogP contribution in [-0.2, 0) is 11.3 Å². The molecule has 10 heteroatoms. The number of aromatic nitrogens is 4. The van der Waals surface area contributed by atoms with Crippen LogP contribution < -0.4 is 22.0 Å². The Balaban J connectivity index is 1.54. The first kappa shape index (κ1) is 20.9. The minimum Gasteiger partial charge on any atom is -0.289 e. The number of carbonyl (C=O) groups is 2. The fraction of sp³-hybridized carbons (Fsp3) is 0.182. The third-order valence-electron chi connectivity index (χ3n) is 4.89. The fourth-order valence-corrected chi connectivity index (χ4v) is 3.32. The minimum atomic E-state index is -0.687. The minimum absolute atomic E-state index is 0.00117. The number of nitrogens with one attached hydrogen (secondary N) is 2. The molecule has 0 radical (unpaired) electrons. The average molecular weight is 432 g/mol. The van der Waals surface area contributed by atoms with E-state index in [0.29, 0.717) is 21.7 Å². The lowest BCUT2D eigenvalue weighted by molar-refractivity contribution is -0.122. The topological polar surface area (TPSA) is 128 Å². The fourth-order valence-electron chi connectivity index (χ4n) is 3.32. The van der Waals surface area contributed by atoms with Crippen LogP contribution in [0.15, 0.2) is 64.4 Å². The summed E-state index contributed by atoms with van der Waals surface area (Å²) in [7, 11) is 0. The summed E-state index contributed by atoms with van der Waals surface area (Å²) in [5.41, 5.74) is 4.43. The van der Waals surface area contributed by atoms with Gasteiger partial charge in [-0.3, -0.25) is 34.6 Å². The molecule has 0 saturated carbocycles. The van der Waals surface area contributed by atoms with E-state index in [1.807, 2.05) is 0 Å². The van der Waals surface area contributed by atoms with Crippen molar-refractivity contribution in [3.05, 3.63) is 81.3 Å². The first-order valence-corrected chi connectivity index (χ1v) is 9.91. The van der Waals surface area contributed by atoms with Crippen molar-refractivity contribution < 1.29 is 9.59 Å². The number of hydrazine groups is 1. The average Bonchev–Trinajstić information content (AvgIpc) is 2.79. The lowest BCUT2D eigenvalue weighted by Crippen LogP contribution is -2.45. The van der Waals surface area contributed by atoms with Gasteiger partial charge in [-0.1, -0.05) is 30.3 Å². The van der Waals surface area contributed by atoms with Crippen molar-refractivity contribution in [1.82, 2.24) is 30.2 Å². The largest absolute Gasteiger partial charge is 0.290 e. The summed E-state index contributed by atoms with van der Waals surface area (Å²) in [6.45, 7) is 3.22. The molecule has 162 valence electrons. The maximum Gasteiger partial charge on any atom is 0.290 e. The molecule has 10 nitrogen and oxygen atoms in total. The van der Waals surface area contributed by atoms with Crippen LogP contribution in [0.2, 0.25) is 0 Å². The van der Waals surface area contributed by atoms with Crippen molar-refractivity contribution >= 4 is 33.5 Å². The molecule has 0 atom stereocenters. The van der Waals surface area contributed by atoms with Crippen LogP contribution in [-0.4, -0.2) is 31.1 Å². The van der Waals surface area contributed by atoms with Gasteiger partial charge in [0.2, 0.25) is 0 Å². The zero-order chi connectivity index (χ0) is 22.8. The highest BCUT2D eigenvalue weighted by molar-refractivity contribution is 6.05. The Kier molecular flexibility index (Phi) is 5.50. The Morgan fingerprint density at radius 3 is 2.28 bits per heavy atom. The molecule has 0 aliphatic heterocycles. The molecule has 4 aromatic rings. The zero-order valence-electron chi connectivity index (χ0n) is 17.4. The Morgan fingerprint density at radius 1 is 0.906 bits per heavy atom. The molecule has 2 aromatic heterocycles. The zero-order valence-corrected chi connectivity index (χ0v) is 17.4. The number of benzene rings is 2. The predicted octanol–water partition coefficient (Wildman–Crippen LogP) is 1.15.